The van der Waals surface area contributed by atoms with Crippen molar-refractivity contribution in [3.05, 3.63) is 30.7 Å². The summed E-state index contributed by atoms with van der Waals surface area (Å²) in [5, 5.41) is 8.87. The fourth-order valence-electron chi connectivity index (χ4n) is 1.14. The second-order valence-electron chi connectivity index (χ2n) is 3.12. The maximum absolute atomic E-state index is 11.0. The summed E-state index contributed by atoms with van der Waals surface area (Å²) < 4.78 is 23.4. The van der Waals surface area contributed by atoms with Crippen LogP contribution < -0.4 is 10.9 Å². The van der Waals surface area contributed by atoms with Crippen LogP contribution in [0.3, 0.4) is 0 Å². The molecular formula is C8H9N5O2S. The van der Waals surface area contributed by atoms with E-state index in [2.05, 4.69) is 10.1 Å². The lowest BCUT2D eigenvalue weighted by Gasteiger charge is -2.01. The first-order chi connectivity index (χ1) is 7.47. The number of sulfonamides is 1. The molecule has 2 heterocycles. The van der Waals surface area contributed by atoms with Gasteiger partial charge in [-0.2, -0.15) is 5.10 Å². The molecule has 0 atom stereocenters. The van der Waals surface area contributed by atoms with Gasteiger partial charge in [0.15, 0.2) is 5.82 Å². The molecule has 2 aromatic heterocycles. The zero-order valence-electron chi connectivity index (χ0n) is 8.11. The monoisotopic (exact) mass is 239 g/mol. The largest absolute Gasteiger partial charge is 0.396 e. The van der Waals surface area contributed by atoms with Crippen LogP contribution in [0.4, 0.5) is 5.69 Å². The quantitative estimate of drug-likeness (QED) is 0.732. The third-order valence-electron chi connectivity index (χ3n) is 1.89. The van der Waals surface area contributed by atoms with E-state index in [0.717, 1.165) is 0 Å². The summed E-state index contributed by atoms with van der Waals surface area (Å²) in [5.41, 5.74) is 5.99. The molecule has 7 nitrogen and oxygen atoms in total. The lowest BCUT2D eigenvalue weighted by Crippen LogP contribution is -2.12. The maximum atomic E-state index is 11.0. The van der Waals surface area contributed by atoms with Crippen LogP contribution in [0.25, 0.3) is 5.82 Å². The number of nitrogen functional groups attached to an aromatic ring is 1. The predicted octanol–water partition coefficient (Wildman–Crippen LogP) is -0.503. The van der Waals surface area contributed by atoms with E-state index in [1.807, 2.05) is 0 Å². The fraction of sp³-hybridized carbons (Fsp3) is 0. The van der Waals surface area contributed by atoms with E-state index in [-0.39, 0.29) is 4.90 Å². The Morgan fingerprint density at radius 1 is 1.25 bits per heavy atom. The number of hydrogen-bond acceptors (Lipinski definition) is 5. The van der Waals surface area contributed by atoms with Crippen molar-refractivity contribution in [2.24, 2.45) is 5.14 Å². The van der Waals surface area contributed by atoms with Gasteiger partial charge in [-0.1, -0.05) is 0 Å². The molecule has 0 radical (unpaired) electrons. The molecule has 0 aliphatic carbocycles. The number of anilines is 1. The van der Waals surface area contributed by atoms with Crippen molar-refractivity contribution in [3.8, 4) is 5.82 Å². The zero-order chi connectivity index (χ0) is 11.8. The summed E-state index contributed by atoms with van der Waals surface area (Å²) in [7, 11) is -3.71. The van der Waals surface area contributed by atoms with Gasteiger partial charge in [-0.25, -0.2) is 23.2 Å². The Labute approximate surface area is 91.8 Å². The van der Waals surface area contributed by atoms with Gasteiger partial charge in [-0.3, -0.25) is 0 Å². The van der Waals surface area contributed by atoms with Crippen LogP contribution >= 0.6 is 0 Å². The Balaban J connectivity index is 2.40. The maximum Gasteiger partial charge on any atom is 0.239 e. The van der Waals surface area contributed by atoms with E-state index in [9.17, 15) is 8.42 Å². The Morgan fingerprint density at radius 3 is 2.44 bits per heavy atom. The molecule has 0 amide bonds. The molecule has 16 heavy (non-hydrogen) atoms. The summed E-state index contributed by atoms with van der Waals surface area (Å²) in [6.07, 6.45) is 4.21. The van der Waals surface area contributed by atoms with Crippen molar-refractivity contribution in [3.63, 3.8) is 0 Å². The van der Waals surface area contributed by atoms with Crippen molar-refractivity contribution >= 4 is 15.7 Å². The Bertz CT molecular complexity index is 602. The average Bonchev–Trinajstić information content (AvgIpc) is 2.64. The second-order valence-corrected chi connectivity index (χ2v) is 4.68. The molecule has 4 N–H and O–H groups in total. The highest BCUT2D eigenvalue weighted by atomic mass is 32.2. The number of nitrogens with zero attached hydrogens (tertiary/aromatic N) is 3. The smallest absolute Gasteiger partial charge is 0.239 e. The van der Waals surface area contributed by atoms with Crippen molar-refractivity contribution in [2.45, 2.75) is 4.90 Å². The number of nitrogens with two attached hydrogens (primary N) is 2. The van der Waals surface area contributed by atoms with Crippen molar-refractivity contribution < 1.29 is 8.42 Å². The molecule has 0 spiro atoms. The van der Waals surface area contributed by atoms with Gasteiger partial charge in [0.05, 0.1) is 18.1 Å². The second kappa shape index (κ2) is 3.58. The van der Waals surface area contributed by atoms with Crippen LogP contribution in [0.1, 0.15) is 0 Å². The van der Waals surface area contributed by atoms with Gasteiger partial charge in [-0.15, -0.1) is 0 Å². The molecule has 0 aliphatic rings. The van der Waals surface area contributed by atoms with Crippen LogP contribution in [0.5, 0.6) is 0 Å². The molecule has 0 fully saturated rings. The first-order valence-electron chi connectivity index (χ1n) is 4.26. The Hall–Kier alpha value is -1.93. The molecule has 0 saturated heterocycles. The number of rotatable bonds is 2. The molecular weight excluding hydrogens is 230 g/mol. The van der Waals surface area contributed by atoms with Crippen LogP contribution in [0, 0.1) is 0 Å². The number of aromatic nitrogens is 3. The first-order valence-corrected chi connectivity index (χ1v) is 5.81. The third kappa shape index (κ3) is 2.02. The lowest BCUT2D eigenvalue weighted by atomic mass is 10.4. The summed E-state index contributed by atoms with van der Waals surface area (Å²) in [4.78, 5) is 3.87. The van der Waals surface area contributed by atoms with Gasteiger partial charge < -0.3 is 5.73 Å². The van der Waals surface area contributed by atoms with Crippen molar-refractivity contribution in [2.75, 3.05) is 5.73 Å². The van der Waals surface area contributed by atoms with Gasteiger partial charge in [-0.05, 0) is 12.1 Å². The highest BCUT2D eigenvalue weighted by Gasteiger charge is 2.08. The van der Waals surface area contributed by atoms with Crippen molar-refractivity contribution in [1.82, 2.24) is 14.8 Å². The van der Waals surface area contributed by atoms with E-state index in [0.29, 0.717) is 11.5 Å². The minimum atomic E-state index is -3.71. The van der Waals surface area contributed by atoms with Gasteiger partial charge >= 0.3 is 0 Å². The molecule has 0 unspecified atom stereocenters. The molecule has 2 aromatic rings. The van der Waals surface area contributed by atoms with Gasteiger partial charge in [0.2, 0.25) is 10.0 Å². The van der Waals surface area contributed by atoms with Crippen LogP contribution in [0.15, 0.2) is 35.6 Å². The Morgan fingerprint density at radius 2 is 2.00 bits per heavy atom. The predicted molar refractivity (Wildman–Crippen MR) is 57.1 cm³/mol. The number of pyridine rings is 1. The third-order valence-corrected chi connectivity index (χ3v) is 2.79. The van der Waals surface area contributed by atoms with Crippen LogP contribution in [-0.2, 0) is 10.0 Å². The molecule has 0 saturated carbocycles. The molecule has 84 valence electrons. The topological polar surface area (TPSA) is 117 Å². The van der Waals surface area contributed by atoms with Crippen LogP contribution in [0.2, 0.25) is 0 Å². The number of primary sulfonamides is 1. The molecule has 0 aliphatic heterocycles. The summed E-state index contributed by atoms with van der Waals surface area (Å²) in [6, 6.07) is 2.85. The van der Waals surface area contributed by atoms with E-state index >= 15 is 0 Å². The molecule has 0 bridgehead atoms. The van der Waals surface area contributed by atoms with E-state index < -0.39 is 10.0 Å². The highest BCUT2D eigenvalue weighted by Crippen LogP contribution is 2.09. The molecule has 0 aromatic carbocycles. The van der Waals surface area contributed by atoms with Gasteiger partial charge in [0, 0.05) is 6.20 Å². The molecule has 2 rings (SSSR count). The average molecular weight is 239 g/mol. The minimum absolute atomic E-state index is 0.0450. The number of hydrogen-bond donors (Lipinski definition) is 2. The first kappa shape index (κ1) is 10.6. The summed E-state index contributed by atoms with van der Waals surface area (Å²) >= 11 is 0. The normalized spacial score (nSPS) is 11.6. The highest BCUT2D eigenvalue weighted by molar-refractivity contribution is 7.89. The lowest BCUT2D eigenvalue weighted by molar-refractivity contribution is 0.597. The Kier molecular flexibility index (Phi) is 2.37. The van der Waals surface area contributed by atoms with E-state index in [4.69, 9.17) is 10.9 Å². The summed E-state index contributed by atoms with van der Waals surface area (Å²) in [6.45, 7) is 0. The fourth-order valence-corrected chi connectivity index (χ4v) is 1.60. The zero-order valence-corrected chi connectivity index (χ0v) is 8.92. The SMILES string of the molecule is Nc1cnn(-c2ccc(S(N)(=O)=O)cn2)c1. The van der Waals surface area contributed by atoms with E-state index in [1.165, 1.54) is 29.2 Å². The van der Waals surface area contributed by atoms with E-state index in [1.54, 1.807) is 6.20 Å². The minimum Gasteiger partial charge on any atom is -0.396 e. The van der Waals surface area contributed by atoms with Crippen LogP contribution in [-0.4, -0.2) is 23.2 Å². The molecule has 8 heteroatoms. The standard InChI is InChI=1S/C8H9N5O2S/c9-6-3-12-13(5-6)8-2-1-7(4-11-8)16(10,14)15/h1-5H,9H2,(H2,10,14,15). The van der Waals surface area contributed by atoms with Gasteiger partial charge in [0.25, 0.3) is 0 Å². The summed E-state index contributed by atoms with van der Waals surface area (Å²) in [5.74, 6) is 0.462. The van der Waals surface area contributed by atoms with Gasteiger partial charge in [0.1, 0.15) is 4.90 Å². The van der Waals surface area contributed by atoms with Crippen molar-refractivity contribution in [1.29, 1.82) is 0 Å².